The number of thiophene rings is 1. The van der Waals surface area contributed by atoms with Gasteiger partial charge in [0, 0.05) is 23.2 Å². The highest BCUT2D eigenvalue weighted by atomic mass is 32.1. The number of rotatable bonds is 4. The van der Waals surface area contributed by atoms with Crippen molar-refractivity contribution in [3.05, 3.63) is 35.3 Å². The molecule has 2 aromatic rings. The molecule has 0 aliphatic carbocycles. The molecule has 19 heavy (non-hydrogen) atoms. The Morgan fingerprint density at radius 3 is 2.79 bits per heavy atom. The highest BCUT2D eigenvalue weighted by Crippen LogP contribution is 2.27. The number of pyridine rings is 1. The summed E-state index contributed by atoms with van der Waals surface area (Å²) in [7, 11) is 0. The van der Waals surface area contributed by atoms with Crippen LogP contribution in [0.2, 0.25) is 0 Å². The normalized spacial score (nSPS) is 10.7. The Hall–Kier alpha value is -1.88. The molecule has 0 aliphatic heterocycles. The van der Waals surface area contributed by atoms with E-state index in [4.69, 9.17) is 5.73 Å². The van der Waals surface area contributed by atoms with E-state index in [0.717, 1.165) is 10.4 Å². The standard InChI is InChI=1S/C14H17N3OS/c1-9(2)7-17-14(18)12-5-4-11(19-12)10-3-6-13(15)16-8-10/h3-6,8-9H,7H2,1-2H3,(H2,15,16)(H,17,18). The largest absolute Gasteiger partial charge is 0.384 e. The molecule has 0 atom stereocenters. The van der Waals surface area contributed by atoms with Crippen molar-refractivity contribution in [3.8, 4) is 10.4 Å². The van der Waals surface area contributed by atoms with Gasteiger partial charge in [-0.3, -0.25) is 4.79 Å². The quantitative estimate of drug-likeness (QED) is 0.901. The van der Waals surface area contributed by atoms with Crippen LogP contribution in [0.1, 0.15) is 23.5 Å². The lowest BCUT2D eigenvalue weighted by atomic mass is 10.2. The van der Waals surface area contributed by atoms with Crippen LogP contribution in [0, 0.1) is 5.92 Å². The maximum absolute atomic E-state index is 11.9. The monoisotopic (exact) mass is 275 g/mol. The van der Waals surface area contributed by atoms with Crippen LogP contribution in [0.15, 0.2) is 30.5 Å². The van der Waals surface area contributed by atoms with Crippen LogP contribution in [-0.2, 0) is 0 Å². The van der Waals surface area contributed by atoms with E-state index in [1.54, 1.807) is 12.3 Å². The van der Waals surface area contributed by atoms with Gasteiger partial charge in [0.25, 0.3) is 5.91 Å². The van der Waals surface area contributed by atoms with Crippen molar-refractivity contribution < 1.29 is 4.79 Å². The molecule has 0 saturated heterocycles. The molecule has 0 saturated carbocycles. The number of nitrogens with two attached hydrogens (primary N) is 1. The van der Waals surface area contributed by atoms with E-state index in [9.17, 15) is 4.79 Å². The van der Waals surface area contributed by atoms with Gasteiger partial charge in [-0.15, -0.1) is 11.3 Å². The SMILES string of the molecule is CC(C)CNC(=O)c1ccc(-c2ccc(N)nc2)s1. The van der Waals surface area contributed by atoms with Crippen LogP contribution in [-0.4, -0.2) is 17.4 Å². The van der Waals surface area contributed by atoms with Crippen LogP contribution in [0.3, 0.4) is 0 Å². The summed E-state index contributed by atoms with van der Waals surface area (Å²) in [6.07, 6.45) is 1.72. The summed E-state index contributed by atoms with van der Waals surface area (Å²) in [5, 5.41) is 2.91. The maximum atomic E-state index is 11.9. The Balaban J connectivity index is 2.10. The molecule has 0 aliphatic rings. The van der Waals surface area contributed by atoms with Crippen LogP contribution in [0.25, 0.3) is 10.4 Å². The second kappa shape index (κ2) is 5.84. The molecule has 0 radical (unpaired) electrons. The second-order valence-electron chi connectivity index (χ2n) is 4.74. The first kappa shape index (κ1) is 13.5. The molecule has 2 aromatic heterocycles. The lowest BCUT2D eigenvalue weighted by molar-refractivity contribution is 0.0953. The number of carbonyl (C=O) groups excluding carboxylic acids is 1. The number of nitrogen functional groups attached to an aromatic ring is 1. The average molecular weight is 275 g/mol. The molecule has 5 heteroatoms. The van der Waals surface area contributed by atoms with Crippen molar-refractivity contribution in [1.29, 1.82) is 0 Å². The van der Waals surface area contributed by atoms with Crippen LogP contribution in [0.5, 0.6) is 0 Å². The lowest BCUT2D eigenvalue weighted by Gasteiger charge is -2.05. The minimum absolute atomic E-state index is 0.0200. The fourth-order valence-electron chi connectivity index (χ4n) is 1.55. The summed E-state index contributed by atoms with van der Waals surface area (Å²) in [6, 6.07) is 7.44. The average Bonchev–Trinajstić information content (AvgIpc) is 2.86. The van der Waals surface area contributed by atoms with Crippen LogP contribution in [0.4, 0.5) is 5.82 Å². The molecule has 3 N–H and O–H groups in total. The third-order valence-electron chi connectivity index (χ3n) is 2.57. The minimum atomic E-state index is -0.0200. The van der Waals surface area contributed by atoms with E-state index in [1.807, 2.05) is 18.2 Å². The number of hydrogen-bond donors (Lipinski definition) is 2. The number of anilines is 1. The number of amides is 1. The molecule has 2 heterocycles. The summed E-state index contributed by atoms with van der Waals surface area (Å²) in [5.41, 5.74) is 6.53. The third-order valence-corrected chi connectivity index (χ3v) is 3.70. The number of hydrogen-bond acceptors (Lipinski definition) is 4. The van der Waals surface area contributed by atoms with Gasteiger partial charge >= 0.3 is 0 Å². The molecule has 0 aromatic carbocycles. The molecule has 100 valence electrons. The fraction of sp³-hybridized carbons (Fsp3) is 0.286. The van der Waals surface area contributed by atoms with E-state index < -0.39 is 0 Å². The summed E-state index contributed by atoms with van der Waals surface area (Å²) >= 11 is 1.46. The number of nitrogens with zero attached hydrogens (tertiary/aromatic N) is 1. The first-order valence-corrected chi connectivity index (χ1v) is 6.98. The molecular weight excluding hydrogens is 258 g/mol. The Bertz CT molecular complexity index is 560. The summed E-state index contributed by atoms with van der Waals surface area (Å²) < 4.78 is 0. The van der Waals surface area contributed by atoms with Crippen molar-refractivity contribution in [2.24, 2.45) is 5.92 Å². The zero-order valence-corrected chi connectivity index (χ0v) is 11.8. The van der Waals surface area contributed by atoms with E-state index >= 15 is 0 Å². The maximum Gasteiger partial charge on any atom is 0.261 e. The molecule has 0 spiro atoms. The number of nitrogens with one attached hydrogen (secondary N) is 1. The van der Waals surface area contributed by atoms with Crippen molar-refractivity contribution in [3.63, 3.8) is 0 Å². The van der Waals surface area contributed by atoms with E-state index in [0.29, 0.717) is 23.2 Å². The molecule has 0 fully saturated rings. The highest BCUT2D eigenvalue weighted by molar-refractivity contribution is 7.17. The topological polar surface area (TPSA) is 68.0 Å². The Morgan fingerprint density at radius 1 is 1.37 bits per heavy atom. The molecule has 2 rings (SSSR count). The zero-order valence-electron chi connectivity index (χ0n) is 11.0. The van der Waals surface area contributed by atoms with Gasteiger partial charge in [0.15, 0.2) is 0 Å². The summed E-state index contributed by atoms with van der Waals surface area (Å²) in [5.74, 6) is 0.924. The Labute approximate surface area is 116 Å². The molecule has 0 bridgehead atoms. The van der Waals surface area contributed by atoms with Gasteiger partial charge in [-0.2, -0.15) is 0 Å². The van der Waals surface area contributed by atoms with E-state index in [-0.39, 0.29) is 5.91 Å². The first-order valence-electron chi connectivity index (χ1n) is 6.16. The Morgan fingerprint density at radius 2 is 2.16 bits per heavy atom. The van der Waals surface area contributed by atoms with Gasteiger partial charge in [0.2, 0.25) is 0 Å². The van der Waals surface area contributed by atoms with Gasteiger partial charge in [-0.05, 0) is 30.2 Å². The third kappa shape index (κ3) is 3.54. The van der Waals surface area contributed by atoms with Crippen molar-refractivity contribution >= 4 is 23.1 Å². The molecule has 1 amide bonds. The van der Waals surface area contributed by atoms with E-state index in [2.05, 4.69) is 24.1 Å². The molecule has 0 unspecified atom stereocenters. The summed E-state index contributed by atoms with van der Waals surface area (Å²) in [6.45, 7) is 4.83. The van der Waals surface area contributed by atoms with Crippen molar-refractivity contribution in [2.75, 3.05) is 12.3 Å². The van der Waals surface area contributed by atoms with E-state index in [1.165, 1.54) is 11.3 Å². The first-order chi connectivity index (χ1) is 9.06. The predicted octanol–water partition coefficient (Wildman–Crippen LogP) is 2.78. The summed E-state index contributed by atoms with van der Waals surface area (Å²) in [4.78, 5) is 17.7. The molecular formula is C14H17N3OS. The van der Waals surface area contributed by atoms with Gasteiger partial charge < -0.3 is 11.1 Å². The number of carbonyl (C=O) groups is 1. The van der Waals surface area contributed by atoms with Crippen LogP contribution >= 0.6 is 11.3 Å². The number of aromatic nitrogens is 1. The fourth-order valence-corrected chi connectivity index (χ4v) is 2.46. The highest BCUT2D eigenvalue weighted by Gasteiger charge is 2.10. The molecule has 4 nitrogen and oxygen atoms in total. The second-order valence-corrected chi connectivity index (χ2v) is 5.82. The van der Waals surface area contributed by atoms with Gasteiger partial charge in [0.1, 0.15) is 5.82 Å². The Kier molecular flexibility index (Phi) is 4.16. The smallest absolute Gasteiger partial charge is 0.261 e. The van der Waals surface area contributed by atoms with Gasteiger partial charge in [-0.25, -0.2) is 4.98 Å². The predicted molar refractivity (Wildman–Crippen MR) is 79.1 cm³/mol. The van der Waals surface area contributed by atoms with Gasteiger partial charge in [0.05, 0.1) is 4.88 Å². The van der Waals surface area contributed by atoms with Crippen molar-refractivity contribution in [1.82, 2.24) is 10.3 Å². The zero-order chi connectivity index (χ0) is 13.8. The lowest BCUT2D eigenvalue weighted by Crippen LogP contribution is -2.26. The van der Waals surface area contributed by atoms with Crippen LogP contribution < -0.4 is 11.1 Å². The van der Waals surface area contributed by atoms with Gasteiger partial charge in [-0.1, -0.05) is 13.8 Å². The van der Waals surface area contributed by atoms with Crippen molar-refractivity contribution in [2.45, 2.75) is 13.8 Å². The minimum Gasteiger partial charge on any atom is -0.384 e.